The lowest BCUT2D eigenvalue weighted by Crippen LogP contribution is -2.59. The Morgan fingerprint density at radius 2 is 1.82 bits per heavy atom. The molecule has 3 bridgehead atoms. The Kier molecular flexibility index (Phi) is 8.82. The maximum atomic E-state index is 13.8. The van der Waals surface area contributed by atoms with Crippen molar-refractivity contribution in [1.29, 1.82) is 0 Å². The number of rotatable bonds is 5. The van der Waals surface area contributed by atoms with Crippen LogP contribution in [0.1, 0.15) is 67.7 Å². The van der Waals surface area contributed by atoms with Gasteiger partial charge in [-0.25, -0.2) is 0 Å². The molecule has 4 aliphatic heterocycles. The number of aliphatic hydroxyl groups excluding tert-OH is 1. The zero-order valence-corrected chi connectivity index (χ0v) is 26.3. The quantitative estimate of drug-likeness (QED) is 0.215. The van der Waals surface area contributed by atoms with E-state index in [-0.39, 0.29) is 23.8 Å². The normalized spacial score (nSPS) is 48.9. The summed E-state index contributed by atoms with van der Waals surface area (Å²) < 4.78 is 32.4. The molecule has 222 valence electrons. The van der Waals surface area contributed by atoms with Crippen molar-refractivity contribution in [1.82, 2.24) is 4.90 Å². The molecule has 4 heterocycles. The van der Waals surface area contributed by atoms with Gasteiger partial charge in [0.25, 0.3) is 0 Å². The Labute approximate surface area is 241 Å². The Morgan fingerprint density at radius 1 is 1.15 bits per heavy atom. The predicted octanol–water partition coefficient (Wildman–Crippen LogP) is 3.60. The number of Topliss-reactive ketones (excluding diaryl/α,β-unsaturated/α-hetero) is 1. The number of aliphatic hydroxyl groups is 1. The molecule has 9 nitrogen and oxygen atoms in total. The van der Waals surface area contributed by atoms with Gasteiger partial charge in [-0.3, -0.25) is 9.59 Å². The zero-order valence-electron chi connectivity index (χ0n) is 24.7. The van der Waals surface area contributed by atoms with Crippen LogP contribution in [0, 0.1) is 17.8 Å². The fourth-order valence-electron chi connectivity index (χ4n) is 7.16. The van der Waals surface area contributed by atoms with E-state index in [1.54, 1.807) is 13.8 Å². The van der Waals surface area contributed by atoms with Gasteiger partial charge in [-0.05, 0) is 72.7 Å². The number of ether oxygens (including phenoxy) is 5. The first-order valence-corrected chi connectivity index (χ1v) is 15.3. The van der Waals surface area contributed by atoms with Crippen molar-refractivity contribution in [3.8, 4) is 0 Å². The summed E-state index contributed by atoms with van der Waals surface area (Å²) in [6.07, 6.45) is 0.207. The van der Waals surface area contributed by atoms with Gasteiger partial charge in [0.2, 0.25) is 0 Å². The Hall–Kier alpha value is -0.880. The van der Waals surface area contributed by atoms with Crippen LogP contribution in [0.4, 0.5) is 0 Å². The number of ketones is 1. The summed E-state index contributed by atoms with van der Waals surface area (Å²) in [7, 11) is 3.83. The third-order valence-electron chi connectivity index (χ3n) is 9.28. The molecule has 0 aliphatic carbocycles. The second kappa shape index (κ2) is 11.1. The minimum Gasteiger partial charge on any atom is -0.458 e. The number of nitrogens with zero attached hydrogens (tertiary/aromatic N) is 1. The second-order valence-electron chi connectivity index (χ2n) is 12.7. The molecule has 4 rings (SSSR count). The standard InChI is InChI=1S/C29H46BrNO8/c1-10-21-27(6)13-19(14-30)29(38-27)15(2)12-28(7,39-29)24(17(4)22(32)18(5)25(34)36-21)37-26-23(33)20(31(8)9)11-16(3)35-26/h13,15-18,20-21,23-24,26,33H,10-12,14H2,1-9H3/t15?,16?,17?,18?,20?,21?,23-,24-,26?,27?,28+,29?/m1/s1. The molecule has 10 heteroatoms. The summed E-state index contributed by atoms with van der Waals surface area (Å²) in [5.41, 5.74) is -1.01. The number of hydrogen-bond acceptors (Lipinski definition) is 9. The number of fused-ring (bicyclic) bond motifs is 2. The van der Waals surface area contributed by atoms with E-state index in [1.807, 2.05) is 52.8 Å². The average Bonchev–Trinajstić information content (AvgIpc) is 3.31. The van der Waals surface area contributed by atoms with Crippen molar-refractivity contribution < 1.29 is 38.4 Å². The molecular weight excluding hydrogens is 570 g/mol. The first-order valence-electron chi connectivity index (χ1n) is 14.2. The van der Waals surface area contributed by atoms with Crippen molar-refractivity contribution in [3.05, 3.63) is 11.6 Å². The second-order valence-corrected chi connectivity index (χ2v) is 13.2. The van der Waals surface area contributed by atoms with Crippen molar-refractivity contribution in [2.24, 2.45) is 17.8 Å². The average molecular weight is 617 g/mol. The lowest BCUT2D eigenvalue weighted by Gasteiger charge is -2.46. The highest BCUT2D eigenvalue weighted by Gasteiger charge is 2.65. The van der Waals surface area contributed by atoms with Crippen LogP contribution >= 0.6 is 15.9 Å². The maximum absolute atomic E-state index is 13.8. The minimum atomic E-state index is -1.09. The smallest absolute Gasteiger partial charge is 0.316 e. The summed E-state index contributed by atoms with van der Waals surface area (Å²) in [6, 6.07) is -0.180. The van der Waals surface area contributed by atoms with E-state index >= 15 is 0 Å². The van der Waals surface area contributed by atoms with E-state index in [1.165, 1.54) is 0 Å². The van der Waals surface area contributed by atoms with E-state index in [9.17, 15) is 14.7 Å². The van der Waals surface area contributed by atoms with Crippen molar-refractivity contribution >= 4 is 27.7 Å². The fraction of sp³-hybridized carbons (Fsp3) is 0.862. The number of alkyl halides is 1. The molecule has 0 saturated carbocycles. The van der Waals surface area contributed by atoms with Gasteiger partial charge in [0.1, 0.15) is 23.7 Å². The van der Waals surface area contributed by atoms with Crippen molar-refractivity contribution in [2.75, 3.05) is 19.4 Å². The molecule has 3 fully saturated rings. The van der Waals surface area contributed by atoms with Gasteiger partial charge >= 0.3 is 5.97 Å². The zero-order chi connectivity index (χ0) is 29.1. The fourth-order valence-corrected chi connectivity index (χ4v) is 7.72. The molecule has 9 unspecified atom stereocenters. The number of likely N-dealkylation sites (N-methyl/N-ethyl adjacent to an activating group) is 1. The van der Waals surface area contributed by atoms with Gasteiger partial charge < -0.3 is 33.7 Å². The first-order chi connectivity index (χ1) is 18.1. The number of halogens is 1. The number of hydrogen-bond donors (Lipinski definition) is 1. The Morgan fingerprint density at radius 3 is 2.41 bits per heavy atom. The molecule has 1 N–H and O–H groups in total. The molecule has 0 amide bonds. The highest BCUT2D eigenvalue weighted by molar-refractivity contribution is 9.09. The van der Waals surface area contributed by atoms with E-state index < -0.39 is 59.4 Å². The largest absolute Gasteiger partial charge is 0.458 e. The number of esters is 1. The van der Waals surface area contributed by atoms with Crippen LogP contribution in [-0.4, -0.2) is 94.9 Å². The molecule has 39 heavy (non-hydrogen) atoms. The van der Waals surface area contributed by atoms with Crippen molar-refractivity contribution in [2.45, 2.75) is 121 Å². The highest BCUT2D eigenvalue weighted by Crippen LogP contribution is 2.56. The van der Waals surface area contributed by atoms with E-state index in [2.05, 4.69) is 22.9 Å². The molecule has 0 aromatic rings. The topological polar surface area (TPSA) is 104 Å². The van der Waals surface area contributed by atoms with Gasteiger partial charge in [-0.15, -0.1) is 0 Å². The number of cyclic esters (lactones) is 1. The van der Waals surface area contributed by atoms with E-state index in [0.29, 0.717) is 24.6 Å². The monoisotopic (exact) mass is 615 g/mol. The van der Waals surface area contributed by atoms with E-state index in [4.69, 9.17) is 23.7 Å². The molecule has 12 atom stereocenters. The van der Waals surface area contributed by atoms with Crippen LogP contribution in [0.25, 0.3) is 0 Å². The van der Waals surface area contributed by atoms with E-state index in [0.717, 1.165) is 5.57 Å². The first kappa shape index (κ1) is 31.1. The molecule has 1 spiro atoms. The van der Waals surface area contributed by atoms with Crippen LogP contribution in [0.5, 0.6) is 0 Å². The van der Waals surface area contributed by atoms with Crippen LogP contribution in [0.2, 0.25) is 0 Å². The Balaban J connectivity index is 1.79. The maximum Gasteiger partial charge on any atom is 0.316 e. The third-order valence-corrected chi connectivity index (χ3v) is 9.88. The third kappa shape index (κ3) is 5.28. The van der Waals surface area contributed by atoms with Gasteiger partial charge in [-0.2, -0.15) is 0 Å². The summed E-state index contributed by atoms with van der Waals surface area (Å²) in [6.45, 7) is 13.1. The van der Waals surface area contributed by atoms with Gasteiger partial charge in [0.15, 0.2) is 17.9 Å². The van der Waals surface area contributed by atoms with Crippen LogP contribution in [-0.2, 0) is 33.3 Å². The molecule has 3 saturated heterocycles. The summed E-state index contributed by atoms with van der Waals surface area (Å²) in [4.78, 5) is 29.1. The van der Waals surface area contributed by atoms with Crippen LogP contribution < -0.4 is 0 Å². The number of carbonyl (C=O) groups is 2. The van der Waals surface area contributed by atoms with Gasteiger partial charge in [0, 0.05) is 23.2 Å². The number of carbonyl (C=O) groups excluding carboxylic acids is 2. The van der Waals surface area contributed by atoms with Crippen molar-refractivity contribution in [3.63, 3.8) is 0 Å². The molecule has 0 aromatic carbocycles. The molecule has 0 radical (unpaired) electrons. The lowest BCUT2D eigenvalue weighted by atomic mass is 9.79. The van der Waals surface area contributed by atoms with Gasteiger partial charge in [0.05, 0.1) is 17.8 Å². The van der Waals surface area contributed by atoms with Gasteiger partial charge in [-0.1, -0.05) is 36.7 Å². The predicted molar refractivity (Wildman–Crippen MR) is 148 cm³/mol. The summed E-state index contributed by atoms with van der Waals surface area (Å²) in [5, 5.41) is 11.8. The molecule has 4 aliphatic rings. The molecule has 0 aromatic heterocycles. The SMILES string of the molecule is CCC1OC(=O)C(C)C(=O)C(C)[C@@H](OC2OC(C)CC(N(C)C)[C@H]2O)[C@]2(C)CC(C)C3(OC1(C)C=C3CBr)O2. The minimum absolute atomic E-state index is 0.0986. The molecular formula is C29H46BrNO8. The summed E-state index contributed by atoms with van der Waals surface area (Å²) >= 11 is 3.63. The Bertz CT molecular complexity index is 990. The van der Waals surface area contributed by atoms with Crippen LogP contribution in [0.15, 0.2) is 11.6 Å². The lowest BCUT2D eigenvalue weighted by molar-refractivity contribution is -0.322. The highest BCUT2D eigenvalue weighted by atomic mass is 79.9. The summed E-state index contributed by atoms with van der Waals surface area (Å²) in [5.74, 6) is -3.84. The van der Waals surface area contributed by atoms with Crippen LogP contribution in [0.3, 0.4) is 0 Å².